The molecule has 0 aliphatic heterocycles. The largest absolute Gasteiger partial charge is 0.455 e. The van der Waals surface area contributed by atoms with Crippen LogP contribution in [0.15, 0.2) is 76.2 Å². The molecule has 0 atom stereocenters. The van der Waals surface area contributed by atoms with E-state index in [2.05, 4.69) is 30.8 Å². The Morgan fingerprint density at radius 1 is 1.00 bits per heavy atom. The maximum absolute atomic E-state index is 11.3. The van der Waals surface area contributed by atoms with Crippen LogP contribution in [0, 0.1) is 10.1 Å². The van der Waals surface area contributed by atoms with Crippen molar-refractivity contribution in [2.45, 2.75) is 6.54 Å². The highest BCUT2D eigenvalue weighted by atomic mass is 16.6. The molecule has 4 aromatic rings. The predicted octanol–water partition coefficient (Wildman–Crippen LogP) is 4.16. The quantitative estimate of drug-likeness (QED) is 0.215. The summed E-state index contributed by atoms with van der Waals surface area (Å²) in [5, 5.41) is 18.6. The fourth-order valence-electron chi connectivity index (χ4n) is 3.03. The van der Waals surface area contributed by atoms with E-state index < -0.39 is 4.92 Å². The smallest absolute Gasteiger partial charge is 0.280 e. The zero-order chi connectivity index (χ0) is 23.9. The number of furan rings is 1. The molecule has 0 amide bonds. The fourth-order valence-corrected chi connectivity index (χ4v) is 3.03. The summed E-state index contributed by atoms with van der Waals surface area (Å²) in [5.74, 6) is 1.88. The summed E-state index contributed by atoms with van der Waals surface area (Å²) in [6.45, 7) is 0.557. The fraction of sp³-hybridized carbons (Fsp3) is 0.130. The maximum Gasteiger partial charge on any atom is 0.280 e. The van der Waals surface area contributed by atoms with Gasteiger partial charge in [-0.3, -0.25) is 10.1 Å². The van der Waals surface area contributed by atoms with Crippen LogP contribution >= 0.6 is 0 Å². The molecule has 2 aromatic carbocycles. The van der Waals surface area contributed by atoms with Crippen molar-refractivity contribution in [3.05, 3.63) is 88.2 Å². The van der Waals surface area contributed by atoms with E-state index >= 15 is 0 Å². The van der Waals surface area contributed by atoms with Crippen LogP contribution in [-0.4, -0.2) is 40.2 Å². The van der Waals surface area contributed by atoms with Crippen LogP contribution in [0.25, 0.3) is 11.3 Å². The number of rotatable bonds is 9. The lowest BCUT2D eigenvalue weighted by Crippen LogP contribution is -2.16. The third-order valence-electron chi connectivity index (χ3n) is 4.67. The Hall–Kier alpha value is -4.80. The molecule has 11 heteroatoms. The van der Waals surface area contributed by atoms with E-state index in [1.165, 1.54) is 12.3 Å². The minimum Gasteiger partial charge on any atom is -0.455 e. The van der Waals surface area contributed by atoms with Gasteiger partial charge in [0.15, 0.2) is 0 Å². The highest BCUT2D eigenvalue weighted by molar-refractivity contribution is 5.79. The number of aromatic nitrogens is 3. The summed E-state index contributed by atoms with van der Waals surface area (Å²) in [5.41, 5.74) is 4.23. The SMILES string of the molecule is CN(C)c1nc(NCc2ccccc2)nc(N/N=C\c2ccc(-c3ccccc3[N+](=O)[O-])o2)n1. The second-order valence-electron chi connectivity index (χ2n) is 7.36. The van der Waals surface area contributed by atoms with Crippen molar-refractivity contribution in [1.29, 1.82) is 0 Å². The Balaban J connectivity index is 1.47. The molecule has 0 unspecified atom stereocenters. The number of anilines is 3. The molecule has 2 aromatic heterocycles. The van der Waals surface area contributed by atoms with Crippen LogP contribution in [0.3, 0.4) is 0 Å². The summed E-state index contributed by atoms with van der Waals surface area (Å²) in [4.78, 5) is 25.7. The maximum atomic E-state index is 11.3. The average Bonchev–Trinajstić information content (AvgIpc) is 3.32. The number of nitrogens with one attached hydrogen (secondary N) is 2. The molecular formula is C23H22N8O3. The van der Waals surface area contributed by atoms with E-state index in [0.717, 1.165) is 5.56 Å². The number of benzene rings is 2. The van der Waals surface area contributed by atoms with Crippen LogP contribution in [0.1, 0.15) is 11.3 Å². The van der Waals surface area contributed by atoms with Gasteiger partial charge in [0.05, 0.1) is 16.7 Å². The Morgan fingerprint density at radius 2 is 1.74 bits per heavy atom. The van der Waals surface area contributed by atoms with Crippen molar-refractivity contribution in [2.24, 2.45) is 5.10 Å². The van der Waals surface area contributed by atoms with E-state index in [1.807, 2.05) is 44.4 Å². The number of hydrazone groups is 1. The Labute approximate surface area is 195 Å². The van der Waals surface area contributed by atoms with Crippen molar-refractivity contribution in [2.75, 3.05) is 29.7 Å². The number of para-hydroxylation sites is 1. The van der Waals surface area contributed by atoms with Crippen molar-refractivity contribution in [3.63, 3.8) is 0 Å². The molecule has 34 heavy (non-hydrogen) atoms. The Morgan fingerprint density at radius 3 is 2.50 bits per heavy atom. The molecule has 0 saturated carbocycles. The van der Waals surface area contributed by atoms with Gasteiger partial charge in [0.2, 0.25) is 17.8 Å². The number of nitro groups is 1. The standard InChI is InChI=1S/C23H22N8O3/c1-30(2)23-27-21(24-14-16-8-4-3-5-9-16)26-22(28-23)29-25-15-17-12-13-20(34-17)18-10-6-7-11-19(18)31(32)33/h3-13,15H,14H2,1-2H3,(H2,24,26,27,28,29)/b25-15-. The highest BCUT2D eigenvalue weighted by Gasteiger charge is 2.16. The second kappa shape index (κ2) is 10.2. The van der Waals surface area contributed by atoms with E-state index in [-0.39, 0.29) is 11.6 Å². The Kier molecular flexibility index (Phi) is 6.73. The molecule has 0 aliphatic carbocycles. The average molecular weight is 458 g/mol. The van der Waals surface area contributed by atoms with Gasteiger partial charge in [0, 0.05) is 26.7 Å². The van der Waals surface area contributed by atoms with Crippen LogP contribution in [0.2, 0.25) is 0 Å². The van der Waals surface area contributed by atoms with Gasteiger partial charge in [0.1, 0.15) is 11.5 Å². The zero-order valence-electron chi connectivity index (χ0n) is 18.5. The number of hydrogen-bond acceptors (Lipinski definition) is 10. The lowest BCUT2D eigenvalue weighted by molar-refractivity contribution is -0.384. The van der Waals surface area contributed by atoms with Gasteiger partial charge in [0.25, 0.3) is 5.69 Å². The van der Waals surface area contributed by atoms with Crippen molar-refractivity contribution in [3.8, 4) is 11.3 Å². The minimum absolute atomic E-state index is 0.0320. The van der Waals surface area contributed by atoms with Crippen molar-refractivity contribution >= 4 is 29.7 Å². The van der Waals surface area contributed by atoms with E-state index in [1.54, 1.807) is 35.2 Å². The number of nitro benzene ring substituents is 1. The van der Waals surface area contributed by atoms with Crippen LogP contribution in [-0.2, 0) is 6.54 Å². The summed E-state index contributed by atoms with van der Waals surface area (Å²) in [6.07, 6.45) is 1.44. The van der Waals surface area contributed by atoms with Gasteiger partial charge in [-0.25, -0.2) is 5.43 Å². The highest BCUT2D eigenvalue weighted by Crippen LogP contribution is 2.30. The van der Waals surface area contributed by atoms with Gasteiger partial charge in [-0.05, 0) is 23.8 Å². The molecule has 0 aliphatic rings. The molecule has 11 nitrogen and oxygen atoms in total. The van der Waals surface area contributed by atoms with Gasteiger partial charge in [-0.1, -0.05) is 42.5 Å². The zero-order valence-corrected chi connectivity index (χ0v) is 18.5. The minimum atomic E-state index is -0.445. The third kappa shape index (κ3) is 5.51. The molecule has 2 heterocycles. The van der Waals surface area contributed by atoms with Gasteiger partial charge in [-0.2, -0.15) is 20.1 Å². The first-order chi connectivity index (χ1) is 16.5. The molecule has 0 spiro atoms. The third-order valence-corrected chi connectivity index (χ3v) is 4.67. The van der Waals surface area contributed by atoms with Gasteiger partial charge in [-0.15, -0.1) is 0 Å². The van der Waals surface area contributed by atoms with Crippen LogP contribution < -0.4 is 15.6 Å². The summed E-state index contributed by atoms with van der Waals surface area (Å²) < 4.78 is 5.70. The van der Waals surface area contributed by atoms with E-state index in [0.29, 0.717) is 35.5 Å². The molecule has 0 radical (unpaired) electrons. The topological polar surface area (TPSA) is 135 Å². The molecule has 4 rings (SSSR count). The molecular weight excluding hydrogens is 436 g/mol. The molecule has 172 valence electrons. The lowest BCUT2D eigenvalue weighted by atomic mass is 10.1. The summed E-state index contributed by atoms with van der Waals surface area (Å²) >= 11 is 0. The van der Waals surface area contributed by atoms with Crippen LogP contribution in [0.5, 0.6) is 0 Å². The van der Waals surface area contributed by atoms with Crippen molar-refractivity contribution < 1.29 is 9.34 Å². The Bertz CT molecular complexity index is 1300. The van der Waals surface area contributed by atoms with Crippen LogP contribution in [0.4, 0.5) is 23.5 Å². The monoisotopic (exact) mass is 458 g/mol. The summed E-state index contributed by atoms with van der Waals surface area (Å²) in [6, 6.07) is 19.6. The first-order valence-corrected chi connectivity index (χ1v) is 10.3. The van der Waals surface area contributed by atoms with E-state index in [9.17, 15) is 10.1 Å². The molecule has 0 saturated heterocycles. The van der Waals surface area contributed by atoms with E-state index in [4.69, 9.17) is 4.42 Å². The second-order valence-corrected chi connectivity index (χ2v) is 7.36. The van der Waals surface area contributed by atoms with Crippen molar-refractivity contribution in [1.82, 2.24) is 15.0 Å². The number of hydrogen-bond donors (Lipinski definition) is 2. The number of nitrogens with zero attached hydrogens (tertiary/aromatic N) is 6. The first kappa shape index (κ1) is 22.4. The first-order valence-electron chi connectivity index (χ1n) is 10.3. The predicted molar refractivity (Wildman–Crippen MR) is 130 cm³/mol. The molecule has 0 bridgehead atoms. The normalized spacial score (nSPS) is 10.9. The lowest BCUT2D eigenvalue weighted by Gasteiger charge is -2.13. The van der Waals surface area contributed by atoms with Gasteiger partial charge < -0.3 is 14.6 Å². The van der Waals surface area contributed by atoms with Gasteiger partial charge >= 0.3 is 0 Å². The molecule has 0 fully saturated rings. The molecule has 2 N–H and O–H groups in total. The summed E-state index contributed by atoms with van der Waals surface area (Å²) in [7, 11) is 3.66.